The number of morpholine rings is 1. The third kappa shape index (κ3) is 10.4. The maximum Gasteiger partial charge on any atom is 0.270 e. The first-order chi connectivity index (χ1) is 27.1. The molecule has 3 fully saturated rings. The van der Waals surface area contributed by atoms with Gasteiger partial charge < -0.3 is 25.4 Å². The van der Waals surface area contributed by atoms with E-state index in [0.29, 0.717) is 49.2 Å². The van der Waals surface area contributed by atoms with E-state index in [1.807, 2.05) is 18.2 Å². The second kappa shape index (κ2) is 18.3. The van der Waals surface area contributed by atoms with E-state index in [4.69, 9.17) is 9.47 Å². The molecule has 11 nitrogen and oxygen atoms in total. The molecule has 0 unspecified atom stereocenters. The average molecular weight is 784 g/mol. The highest BCUT2D eigenvalue weighted by molar-refractivity contribution is 7.09. The molecule has 1 aliphatic carbocycles. The number of amides is 2. The maximum absolute atomic E-state index is 14.6. The van der Waals surface area contributed by atoms with Gasteiger partial charge in [-0.2, -0.15) is 0 Å². The molecule has 56 heavy (non-hydrogen) atoms. The van der Waals surface area contributed by atoms with Crippen LogP contribution < -0.4 is 20.7 Å². The number of aromatic nitrogens is 2. The highest BCUT2D eigenvalue weighted by Crippen LogP contribution is 2.32. The Bertz CT molecular complexity index is 1970. The Hall–Kier alpha value is -4.27. The summed E-state index contributed by atoms with van der Waals surface area (Å²) in [6.45, 7) is 15.5. The topological polar surface area (TPSA) is 121 Å². The lowest BCUT2D eigenvalue weighted by Crippen LogP contribution is -2.53. The molecule has 0 spiro atoms. The normalized spacial score (nSPS) is 22.2. The van der Waals surface area contributed by atoms with E-state index in [0.717, 1.165) is 74.8 Å². The van der Waals surface area contributed by atoms with Crippen LogP contribution in [0.25, 0.3) is 11.1 Å². The Balaban J connectivity index is 1.02. The minimum absolute atomic E-state index is 0.00713. The third-order valence-corrected chi connectivity index (χ3v) is 11.9. The third-order valence-electron chi connectivity index (χ3n) is 10.8. The fourth-order valence-electron chi connectivity index (χ4n) is 8.06. The minimum atomic E-state index is -0.622. The first kappa shape index (κ1) is 39.9. The van der Waals surface area contributed by atoms with Gasteiger partial charge in [-0.15, -0.1) is 11.3 Å². The Morgan fingerprint density at radius 2 is 1.66 bits per heavy atom. The van der Waals surface area contributed by atoms with Crippen molar-refractivity contribution in [3.8, 4) is 22.8 Å². The Morgan fingerprint density at radius 3 is 2.36 bits per heavy atom. The number of nitrogens with zero attached hydrogens (tertiary/aromatic N) is 4. The Morgan fingerprint density at radius 1 is 0.946 bits per heavy atom. The van der Waals surface area contributed by atoms with Gasteiger partial charge in [-0.05, 0) is 80.0 Å². The number of carbonyl (C=O) groups is 2. The highest BCUT2D eigenvalue weighted by Gasteiger charge is 2.27. The molecule has 3 N–H and O–H groups in total. The molecule has 2 aromatic heterocycles. The molecule has 2 atom stereocenters. The van der Waals surface area contributed by atoms with Crippen molar-refractivity contribution in [3.05, 3.63) is 93.3 Å². The Labute approximate surface area is 333 Å². The number of hydrogen-bond donors (Lipinski definition) is 3. The number of rotatable bonds is 12. The minimum Gasteiger partial charge on any atom is -0.438 e. The number of hydrogen-bond acceptors (Lipinski definition) is 10. The van der Waals surface area contributed by atoms with E-state index in [9.17, 15) is 14.0 Å². The van der Waals surface area contributed by atoms with Crippen molar-refractivity contribution in [2.75, 3.05) is 39.4 Å². The van der Waals surface area contributed by atoms with Gasteiger partial charge in [-0.1, -0.05) is 44.2 Å². The van der Waals surface area contributed by atoms with Crippen molar-refractivity contribution in [2.24, 2.45) is 0 Å². The first-order valence-electron chi connectivity index (χ1n) is 20.0. The molecule has 3 aliphatic rings. The first-order valence-corrected chi connectivity index (χ1v) is 20.9. The predicted molar refractivity (Wildman–Crippen MR) is 217 cm³/mol. The maximum atomic E-state index is 14.6. The van der Waals surface area contributed by atoms with E-state index < -0.39 is 11.7 Å². The van der Waals surface area contributed by atoms with Gasteiger partial charge in [0, 0.05) is 74.7 Å². The van der Waals surface area contributed by atoms with E-state index in [1.54, 1.807) is 5.38 Å². The lowest BCUT2D eigenvalue weighted by Gasteiger charge is -2.36. The zero-order valence-corrected chi connectivity index (χ0v) is 33.7. The highest BCUT2D eigenvalue weighted by atomic mass is 32.1. The second-order valence-electron chi connectivity index (χ2n) is 15.9. The van der Waals surface area contributed by atoms with Gasteiger partial charge >= 0.3 is 0 Å². The summed E-state index contributed by atoms with van der Waals surface area (Å²) in [7, 11) is 0. The molecule has 0 radical (unpaired) electrons. The number of nitrogens with one attached hydrogen (secondary N) is 3. The molecule has 2 amide bonds. The van der Waals surface area contributed by atoms with Crippen molar-refractivity contribution in [1.82, 2.24) is 35.7 Å². The lowest BCUT2D eigenvalue weighted by atomic mass is 9.91. The average Bonchev–Trinajstić information content (AvgIpc) is 3.68. The molecule has 4 aromatic rings. The van der Waals surface area contributed by atoms with Crippen molar-refractivity contribution in [1.29, 1.82) is 0 Å². The summed E-state index contributed by atoms with van der Waals surface area (Å²) in [6, 6.07) is 16.5. The zero-order chi connectivity index (χ0) is 39.2. The van der Waals surface area contributed by atoms with Gasteiger partial charge in [0.15, 0.2) is 0 Å². The number of halogens is 1. The molecule has 0 bridgehead atoms. The molecular weight excluding hydrogens is 730 g/mol. The quantitative estimate of drug-likeness (QED) is 0.144. The summed E-state index contributed by atoms with van der Waals surface area (Å²) < 4.78 is 26.5. The molecule has 2 aromatic carbocycles. The van der Waals surface area contributed by atoms with Crippen molar-refractivity contribution >= 4 is 23.2 Å². The van der Waals surface area contributed by atoms with Crippen LogP contribution in [0.5, 0.6) is 11.6 Å². The number of thiazole rings is 1. The van der Waals surface area contributed by atoms with E-state index in [-0.39, 0.29) is 35.4 Å². The molecule has 13 heteroatoms. The summed E-state index contributed by atoms with van der Waals surface area (Å²) in [6.07, 6.45) is 3.82. The zero-order valence-electron chi connectivity index (χ0n) is 32.9. The van der Waals surface area contributed by atoms with Gasteiger partial charge in [-0.25, -0.2) is 14.4 Å². The largest absolute Gasteiger partial charge is 0.438 e. The van der Waals surface area contributed by atoms with E-state index in [2.05, 4.69) is 87.7 Å². The monoisotopic (exact) mass is 783 g/mol. The number of benzene rings is 2. The van der Waals surface area contributed by atoms with Crippen molar-refractivity contribution in [3.63, 3.8) is 0 Å². The SMILES string of the molecule is CC(C)c1nc(C(=O)N[C@H]2CC[C@@H](NC(=O)c3cc(F)cnc3Oc3cccc(-c4ccc(CN5C[C@@H](C)N[C@@H](C)C5)cc4CN4CCOCC4)c3)CC2)cs1. The van der Waals surface area contributed by atoms with Crippen LogP contribution in [-0.2, 0) is 17.8 Å². The van der Waals surface area contributed by atoms with Gasteiger partial charge in [0.25, 0.3) is 11.8 Å². The second-order valence-corrected chi connectivity index (χ2v) is 16.8. The molecule has 2 aliphatic heterocycles. The Kier molecular flexibility index (Phi) is 13.1. The van der Waals surface area contributed by atoms with Crippen LogP contribution in [-0.4, -0.2) is 95.1 Å². The molecular formula is C43H54FN7O4S. The smallest absolute Gasteiger partial charge is 0.270 e. The van der Waals surface area contributed by atoms with Crippen molar-refractivity contribution < 1.29 is 23.5 Å². The predicted octanol–water partition coefficient (Wildman–Crippen LogP) is 6.75. The van der Waals surface area contributed by atoms with Gasteiger partial charge in [0.2, 0.25) is 5.88 Å². The number of pyridine rings is 1. The van der Waals surface area contributed by atoms with Crippen LogP contribution >= 0.6 is 11.3 Å². The fraction of sp³-hybridized carbons (Fsp3) is 0.488. The van der Waals surface area contributed by atoms with Crippen molar-refractivity contribution in [2.45, 2.75) is 96.6 Å². The van der Waals surface area contributed by atoms with Crippen LogP contribution in [0, 0.1) is 5.82 Å². The molecule has 7 rings (SSSR count). The lowest BCUT2D eigenvalue weighted by molar-refractivity contribution is 0.0342. The standard InChI is InChI=1S/C43H54FN7O4S/c1-27(2)43-49-39(26-56-43)41(53)48-35-11-9-34(10-12-35)47-40(52)38-20-33(44)21-45-42(38)55-36-7-5-6-31(19-36)37-13-8-30(24-51-22-28(3)46-29(4)23-51)18-32(37)25-50-14-16-54-17-15-50/h5-8,13,18-21,26-29,34-35,46H,9-12,14-17,22-25H2,1-4H3,(H,47,52)(H,48,53)/t28-,29+,34-,35+. The van der Waals surface area contributed by atoms with Crippen LogP contribution in [0.3, 0.4) is 0 Å². The summed E-state index contributed by atoms with van der Waals surface area (Å²) in [5.74, 6) is -0.433. The van der Waals surface area contributed by atoms with Gasteiger partial charge in [0.05, 0.1) is 24.4 Å². The molecule has 298 valence electrons. The van der Waals surface area contributed by atoms with E-state index in [1.165, 1.54) is 28.5 Å². The number of carbonyl (C=O) groups excluding carboxylic acids is 2. The number of piperazine rings is 1. The summed E-state index contributed by atoms with van der Waals surface area (Å²) in [5, 5.41) is 12.5. The summed E-state index contributed by atoms with van der Waals surface area (Å²) in [4.78, 5) is 40.1. The van der Waals surface area contributed by atoms with Crippen LogP contribution in [0.15, 0.2) is 60.1 Å². The molecule has 2 saturated heterocycles. The van der Waals surface area contributed by atoms with Crippen LogP contribution in [0.1, 0.15) is 96.3 Å². The molecule has 4 heterocycles. The number of ether oxygens (including phenoxy) is 2. The molecule has 1 saturated carbocycles. The summed E-state index contributed by atoms with van der Waals surface area (Å²) >= 11 is 1.50. The van der Waals surface area contributed by atoms with E-state index >= 15 is 0 Å². The van der Waals surface area contributed by atoms with Crippen LogP contribution in [0.4, 0.5) is 4.39 Å². The fourth-order valence-corrected chi connectivity index (χ4v) is 8.87. The summed E-state index contributed by atoms with van der Waals surface area (Å²) in [5.41, 5.74) is 5.08. The van der Waals surface area contributed by atoms with Gasteiger partial charge in [0.1, 0.15) is 22.8 Å². The van der Waals surface area contributed by atoms with Crippen LogP contribution in [0.2, 0.25) is 0 Å². The van der Waals surface area contributed by atoms with Gasteiger partial charge in [-0.3, -0.25) is 19.4 Å².